The molecule has 1 unspecified atom stereocenters. The number of fused-ring (bicyclic) bond motifs is 1. The van der Waals surface area contributed by atoms with Crippen molar-refractivity contribution in [2.75, 3.05) is 12.1 Å². The molecule has 0 saturated heterocycles. The second-order valence-corrected chi connectivity index (χ2v) is 5.37. The van der Waals surface area contributed by atoms with Crippen molar-refractivity contribution in [3.63, 3.8) is 0 Å². The summed E-state index contributed by atoms with van der Waals surface area (Å²) in [5.74, 6) is 1.82. The fraction of sp³-hybridized carbons (Fsp3) is 0.176. The molecule has 1 amide bonds. The first-order valence-corrected chi connectivity index (χ1v) is 7.37. The van der Waals surface area contributed by atoms with E-state index in [0.717, 1.165) is 17.0 Å². The smallest absolute Gasteiger partial charge is 0.251 e. The number of anilines is 1. The predicted octanol–water partition coefficient (Wildman–Crippen LogP) is 1.92. The number of carbonyl (C=O) groups excluding carboxylic acids is 1. The minimum absolute atomic E-state index is 0.110. The maximum Gasteiger partial charge on any atom is 0.251 e. The topological polar surface area (TPSA) is 72.0 Å². The van der Waals surface area contributed by atoms with Crippen LogP contribution in [0.2, 0.25) is 0 Å². The van der Waals surface area contributed by atoms with Gasteiger partial charge in [-0.3, -0.25) is 10.1 Å². The molecule has 0 bridgehead atoms. The molecule has 23 heavy (non-hydrogen) atoms. The van der Waals surface area contributed by atoms with Crippen LogP contribution in [-0.2, 0) is 11.2 Å². The quantitative estimate of drug-likeness (QED) is 0.908. The number of ether oxygens (including phenoxy) is 2. The zero-order chi connectivity index (χ0) is 15.6. The van der Waals surface area contributed by atoms with Gasteiger partial charge in [0.05, 0.1) is 0 Å². The third-order valence-electron chi connectivity index (χ3n) is 3.73. The van der Waals surface area contributed by atoms with Gasteiger partial charge < -0.3 is 14.8 Å². The van der Waals surface area contributed by atoms with E-state index in [0.29, 0.717) is 18.1 Å². The molecule has 0 radical (unpaired) electrons. The van der Waals surface area contributed by atoms with Crippen LogP contribution in [-0.4, -0.2) is 24.7 Å². The fourth-order valence-corrected chi connectivity index (χ4v) is 2.60. The lowest BCUT2D eigenvalue weighted by molar-refractivity contribution is -0.120. The molecule has 0 saturated carbocycles. The van der Waals surface area contributed by atoms with E-state index in [1.165, 1.54) is 0 Å². The van der Waals surface area contributed by atoms with Crippen LogP contribution in [0.25, 0.3) is 0 Å². The maximum atomic E-state index is 12.1. The molecule has 1 atom stereocenters. The Kier molecular flexibility index (Phi) is 3.34. The molecule has 2 aliphatic heterocycles. The van der Waals surface area contributed by atoms with E-state index in [1.54, 1.807) is 0 Å². The number of aliphatic imine (C=N–C) groups is 1. The highest BCUT2D eigenvalue weighted by Crippen LogP contribution is 2.33. The number of hydrogen-bond acceptors (Lipinski definition) is 5. The zero-order valence-corrected chi connectivity index (χ0v) is 12.3. The van der Waals surface area contributed by atoms with E-state index in [9.17, 15) is 4.79 Å². The van der Waals surface area contributed by atoms with Crippen molar-refractivity contribution in [2.24, 2.45) is 4.99 Å². The molecule has 0 aromatic heterocycles. The highest BCUT2D eigenvalue weighted by atomic mass is 16.7. The first-order chi connectivity index (χ1) is 11.3. The standard InChI is InChI=1S/C17H15N3O3/c21-16-13(8-11-6-7-14-15(9-11)23-10-22-14)19-17(20-16)18-12-4-2-1-3-5-12/h1-7,9,13H,8,10H2,(H2,18,19,20,21). The van der Waals surface area contributed by atoms with Crippen molar-refractivity contribution in [2.45, 2.75) is 12.5 Å². The van der Waals surface area contributed by atoms with Crippen LogP contribution in [0, 0.1) is 0 Å². The van der Waals surface area contributed by atoms with Crippen LogP contribution in [0.4, 0.5) is 5.69 Å². The zero-order valence-electron chi connectivity index (χ0n) is 12.3. The highest BCUT2D eigenvalue weighted by Gasteiger charge is 2.27. The van der Waals surface area contributed by atoms with Gasteiger partial charge in [-0.15, -0.1) is 0 Å². The van der Waals surface area contributed by atoms with Gasteiger partial charge in [0.25, 0.3) is 5.91 Å². The summed E-state index contributed by atoms with van der Waals surface area (Å²) in [6, 6.07) is 14.8. The van der Waals surface area contributed by atoms with Crippen molar-refractivity contribution in [3.8, 4) is 11.5 Å². The van der Waals surface area contributed by atoms with Crippen molar-refractivity contribution in [3.05, 3.63) is 54.1 Å². The molecular formula is C17H15N3O3. The predicted molar refractivity (Wildman–Crippen MR) is 85.7 cm³/mol. The van der Waals surface area contributed by atoms with Gasteiger partial charge in [-0.1, -0.05) is 24.3 Å². The first kappa shape index (κ1) is 13.6. The SMILES string of the molecule is O=C1NC(Nc2ccccc2)=NC1Cc1ccc2c(c1)OCO2. The summed E-state index contributed by atoms with van der Waals surface area (Å²) in [4.78, 5) is 16.5. The van der Waals surface area contributed by atoms with Gasteiger partial charge >= 0.3 is 0 Å². The lowest BCUT2D eigenvalue weighted by Crippen LogP contribution is -2.33. The van der Waals surface area contributed by atoms with Crippen molar-refractivity contribution >= 4 is 17.6 Å². The van der Waals surface area contributed by atoms with E-state index < -0.39 is 6.04 Å². The van der Waals surface area contributed by atoms with Gasteiger partial charge in [0.1, 0.15) is 6.04 Å². The van der Waals surface area contributed by atoms with Crippen LogP contribution in [0.5, 0.6) is 11.5 Å². The number of benzene rings is 2. The van der Waals surface area contributed by atoms with E-state index in [2.05, 4.69) is 15.6 Å². The minimum atomic E-state index is -0.443. The summed E-state index contributed by atoms with van der Waals surface area (Å²) < 4.78 is 10.6. The number of para-hydroxylation sites is 1. The number of rotatable bonds is 3. The molecule has 0 spiro atoms. The van der Waals surface area contributed by atoms with Crippen molar-refractivity contribution < 1.29 is 14.3 Å². The highest BCUT2D eigenvalue weighted by molar-refractivity contribution is 6.10. The Labute approximate surface area is 133 Å². The lowest BCUT2D eigenvalue weighted by atomic mass is 10.1. The number of nitrogens with zero attached hydrogens (tertiary/aromatic N) is 1. The summed E-state index contributed by atoms with van der Waals surface area (Å²) in [6.45, 7) is 0.242. The van der Waals surface area contributed by atoms with Gasteiger partial charge in [-0.25, -0.2) is 4.99 Å². The molecule has 2 N–H and O–H groups in total. The second kappa shape index (κ2) is 5.64. The van der Waals surface area contributed by atoms with Gasteiger partial charge in [0.2, 0.25) is 12.8 Å². The third-order valence-corrected chi connectivity index (χ3v) is 3.73. The van der Waals surface area contributed by atoms with Crippen LogP contribution in [0.3, 0.4) is 0 Å². The van der Waals surface area contributed by atoms with Crippen molar-refractivity contribution in [1.29, 1.82) is 0 Å². The van der Waals surface area contributed by atoms with Gasteiger partial charge in [-0.05, 0) is 29.8 Å². The van der Waals surface area contributed by atoms with Crippen molar-refractivity contribution in [1.82, 2.24) is 5.32 Å². The first-order valence-electron chi connectivity index (χ1n) is 7.37. The van der Waals surface area contributed by atoms with Crippen LogP contribution >= 0.6 is 0 Å². The summed E-state index contributed by atoms with van der Waals surface area (Å²) in [5, 5.41) is 5.87. The van der Waals surface area contributed by atoms with Crippen LogP contribution < -0.4 is 20.1 Å². The Morgan fingerprint density at radius 2 is 1.96 bits per heavy atom. The van der Waals surface area contributed by atoms with Crippen LogP contribution in [0.1, 0.15) is 5.56 Å². The average molecular weight is 309 g/mol. The van der Waals surface area contributed by atoms with E-state index in [-0.39, 0.29) is 12.7 Å². The maximum absolute atomic E-state index is 12.1. The normalized spacial score (nSPS) is 18.5. The molecule has 2 aromatic rings. The monoisotopic (exact) mass is 309 g/mol. The molecule has 6 heteroatoms. The van der Waals surface area contributed by atoms with E-state index in [1.807, 2.05) is 48.5 Å². The van der Waals surface area contributed by atoms with Gasteiger partial charge in [0.15, 0.2) is 11.5 Å². The molecule has 6 nitrogen and oxygen atoms in total. The largest absolute Gasteiger partial charge is 0.454 e. The molecule has 116 valence electrons. The molecule has 0 aliphatic carbocycles. The summed E-state index contributed by atoms with van der Waals surface area (Å²) >= 11 is 0. The number of nitrogens with one attached hydrogen (secondary N) is 2. The van der Waals surface area contributed by atoms with E-state index in [4.69, 9.17) is 9.47 Å². The van der Waals surface area contributed by atoms with Gasteiger partial charge in [0, 0.05) is 12.1 Å². The summed E-state index contributed by atoms with van der Waals surface area (Å²) in [5.41, 5.74) is 1.87. The molecule has 2 aliphatic rings. The second-order valence-electron chi connectivity index (χ2n) is 5.37. The summed E-state index contributed by atoms with van der Waals surface area (Å²) in [7, 11) is 0. The number of amides is 1. The molecule has 4 rings (SSSR count). The summed E-state index contributed by atoms with van der Waals surface area (Å²) in [6.07, 6.45) is 0.516. The van der Waals surface area contributed by atoms with E-state index >= 15 is 0 Å². The minimum Gasteiger partial charge on any atom is -0.454 e. The Hall–Kier alpha value is -3.02. The number of hydrogen-bond donors (Lipinski definition) is 2. The third kappa shape index (κ3) is 2.83. The molecular weight excluding hydrogens is 294 g/mol. The Morgan fingerprint density at radius 1 is 1.13 bits per heavy atom. The lowest BCUT2D eigenvalue weighted by Gasteiger charge is -2.05. The number of guanidine groups is 1. The molecule has 0 fully saturated rings. The number of carbonyl (C=O) groups is 1. The molecule has 2 aromatic carbocycles. The molecule has 2 heterocycles. The Bertz CT molecular complexity index is 774. The fourth-order valence-electron chi connectivity index (χ4n) is 2.60. The average Bonchev–Trinajstić information content (AvgIpc) is 3.15. The Balaban J connectivity index is 1.47. The van der Waals surface area contributed by atoms with Crippen LogP contribution in [0.15, 0.2) is 53.5 Å². The van der Waals surface area contributed by atoms with Gasteiger partial charge in [-0.2, -0.15) is 0 Å². The Morgan fingerprint density at radius 3 is 2.83 bits per heavy atom.